The van der Waals surface area contributed by atoms with Gasteiger partial charge in [-0.1, -0.05) is 74.5 Å². The third kappa shape index (κ3) is 4.07. The highest BCUT2D eigenvalue weighted by molar-refractivity contribution is 6.01. The lowest BCUT2D eigenvalue weighted by molar-refractivity contribution is 0.262. The van der Waals surface area contributed by atoms with Crippen LogP contribution in [0.15, 0.2) is 65.2 Å². The van der Waals surface area contributed by atoms with Crippen molar-refractivity contribution in [2.75, 3.05) is 10.6 Å². The first-order chi connectivity index (χ1) is 11.9. The zero-order chi connectivity index (χ0) is 17.9. The van der Waals surface area contributed by atoms with Gasteiger partial charge in [0.2, 0.25) is 0 Å². The van der Waals surface area contributed by atoms with Crippen molar-refractivity contribution in [2.24, 2.45) is 0 Å². The van der Waals surface area contributed by atoms with Crippen LogP contribution in [0.4, 0.5) is 16.3 Å². The van der Waals surface area contributed by atoms with E-state index >= 15 is 0 Å². The zero-order valence-corrected chi connectivity index (χ0v) is 14.5. The molecule has 0 unspecified atom stereocenters. The van der Waals surface area contributed by atoms with E-state index in [2.05, 4.69) is 15.8 Å². The number of aromatic nitrogens is 1. The molecule has 0 fully saturated rings. The van der Waals surface area contributed by atoms with Gasteiger partial charge in [0.25, 0.3) is 0 Å². The van der Waals surface area contributed by atoms with E-state index in [9.17, 15) is 4.79 Å². The quantitative estimate of drug-likeness (QED) is 0.684. The van der Waals surface area contributed by atoms with Gasteiger partial charge in [-0.05, 0) is 11.6 Å². The maximum absolute atomic E-state index is 12.3. The number of hydrogen-bond acceptors (Lipinski definition) is 3. The molecule has 3 rings (SSSR count). The predicted octanol–water partition coefficient (Wildman–Crippen LogP) is 5.28. The van der Waals surface area contributed by atoms with E-state index in [4.69, 9.17) is 4.52 Å². The van der Waals surface area contributed by atoms with Crippen LogP contribution >= 0.6 is 0 Å². The fraction of sp³-hybridized carbons (Fsp3) is 0.200. The Balaban J connectivity index is 1.75. The van der Waals surface area contributed by atoms with Gasteiger partial charge in [-0.2, -0.15) is 0 Å². The molecule has 1 aromatic heterocycles. The summed E-state index contributed by atoms with van der Waals surface area (Å²) in [7, 11) is 0. The molecule has 0 aliphatic carbocycles. The van der Waals surface area contributed by atoms with E-state index in [0.29, 0.717) is 11.6 Å². The molecule has 128 valence electrons. The Bertz CT molecular complexity index is 864. The average Bonchev–Trinajstić information content (AvgIpc) is 3.05. The highest BCUT2D eigenvalue weighted by Crippen LogP contribution is 2.28. The molecule has 0 aliphatic heterocycles. The number of nitrogens with zero attached hydrogens (tertiary/aromatic N) is 1. The van der Waals surface area contributed by atoms with E-state index in [0.717, 1.165) is 16.8 Å². The summed E-state index contributed by atoms with van der Waals surface area (Å²) in [5.41, 5.74) is 2.55. The van der Waals surface area contributed by atoms with Crippen LogP contribution in [0, 0.1) is 0 Å². The second-order valence-electron chi connectivity index (χ2n) is 6.82. The molecule has 0 spiro atoms. The Kier molecular flexibility index (Phi) is 4.57. The summed E-state index contributed by atoms with van der Waals surface area (Å²) in [5, 5.41) is 9.48. The van der Waals surface area contributed by atoms with E-state index in [1.807, 2.05) is 75.4 Å². The third-order valence-electron chi connectivity index (χ3n) is 3.75. The number of carbonyl (C=O) groups excluding carboxylic acids is 1. The number of benzene rings is 2. The summed E-state index contributed by atoms with van der Waals surface area (Å²) in [6, 6.07) is 18.9. The SMILES string of the molecule is CC(C)(C)c1cc(NC(=O)Nc2ccccc2-c2ccccc2)no1. The van der Waals surface area contributed by atoms with E-state index < -0.39 is 0 Å². The molecule has 2 aromatic carbocycles. The summed E-state index contributed by atoms with van der Waals surface area (Å²) in [4.78, 5) is 12.3. The van der Waals surface area contributed by atoms with Gasteiger partial charge in [-0.3, -0.25) is 5.32 Å². The molecule has 2 amide bonds. The number of hydrogen-bond donors (Lipinski definition) is 2. The van der Waals surface area contributed by atoms with Gasteiger partial charge in [0, 0.05) is 17.0 Å². The number of amides is 2. The third-order valence-corrected chi connectivity index (χ3v) is 3.75. The summed E-state index contributed by atoms with van der Waals surface area (Å²) in [6.07, 6.45) is 0. The molecule has 3 aromatic rings. The summed E-state index contributed by atoms with van der Waals surface area (Å²) in [5.74, 6) is 1.10. The average molecular weight is 335 g/mol. The maximum Gasteiger partial charge on any atom is 0.324 e. The number of urea groups is 1. The summed E-state index contributed by atoms with van der Waals surface area (Å²) in [6.45, 7) is 6.06. The number of anilines is 2. The Morgan fingerprint density at radius 1 is 0.960 bits per heavy atom. The first kappa shape index (κ1) is 16.8. The fourth-order valence-electron chi connectivity index (χ4n) is 2.42. The molecule has 1 heterocycles. The maximum atomic E-state index is 12.3. The lowest BCUT2D eigenvalue weighted by Crippen LogP contribution is -2.20. The molecular formula is C20H21N3O2. The van der Waals surface area contributed by atoms with Crippen LogP contribution in [0.2, 0.25) is 0 Å². The van der Waals surface area contributed by atoms with E-state index in [1.54, 1.807) is 6.07 Å². The number of nitrogens with one attached hydrogen (secondary N) is 2. The molecule has 0 atom stereocenters. The monoisotopic (exact) mass is 335 g/mol. The van der Waals surface area contributed by atoms with Crippen molar-refractivity contribution in [1.29, 1.82) is 0 Å². The van der Waals surface area contributed by atoms with Crippen LogP contribution in [-0.2, 0) is 5.41 Å². The van der Waals surface area contributed by atoms with Gasteiger partial charge >= 0.3 is 6.03 Å². The minimum Gasteiger partial charge on any atom is -0.359 e. The van der Waals surface area contributed by atoms with Crippen molar-refractivity contribution in [2.45, 2.75) is 26.2 Å². The van der Waals surface area contributed by atoms with Gasteiger partial charge in [-0.25, -0.2) is 4.79 Å². The van der Waals surface area contributed by atoms with Crippen molar-refractivity contribution < 1.29 is 9.32 Å². The van der Waals surface area contributed by atoms with Crippen LogP contribution in [0.1, 0.15) is 26.5 Å². The molecular weight excluding hydrogens is 314 g/mol. The topological polar surface area (TPSA) is 67.2 Å². The van der Waals surface area contributed by atoms with E-state index in [-0.39, 0.29) is 11.4 Å². The zero-order valence-electron chi connectivity index (χ0n) is 14.5. The highest BCUT2D eigenvalue weighted by atomic mass is 16.5. The van der Waals surface area contributed by atoms with Crippen molar-refractivity contribution in [1.82, 2.24) is 5.16 Å². The molecule has 5 nitrogen and oxygen atoms in total. The first-order valence-electron chi connectivity index (χ1n) is 8.13. The molecule has 25 heavy (non-hydrogen) atoms. The lowest BCUT2D eigenvalue weighted by atomic mass is 9.93. The van der Waals surface area contributed by atoms with Crippen LogP contribution in [-0.4, -0.2) is 11.2 Å². The standard InChI is InChI=1S/C20H21N3O2/c1-20(2,3)17-13-18(23-25-17)22-19(24)21-16-12-8-7-11-15(16)14-9-5-4-6-10-14/h4-13H,1-3H3,(H2,21,22,23,24). The highest BCUT2D eigenvalue weighted by Gasteiger charge is 2.20. The smallest absolute Gasteiger partial charge is 0.324 e. The van der Waals surface area contributed by atoms with Gasteiger partial charge in [0.15, 0.2) is 5.82 Å². The Morgan fingerprint density at radius 3 is 2.32 bits per heavy atom. The predicted molar refractivity (Wildman–Crippen MR) is 99.7 cm³/mol. The van der Waals surface area contributed by atoms with Gasteiger partial charge in [-0.15, -0.1) is 0 Å². The van der Waals surface area contributed by atoms with Crippen molar-refractivity contribution in [3.63, 3.8) is 0 Å². The second-order valence-corrected chi connectivity index (χ2v) is 6.82. The van der Waals surface area contributed by atoms with Crippen molar-refractivity contribution in [3.8, 4) is 11.1 Å². The minimum absolute atomic E-state index is 0.163. The van der Waals surface area contributed by atoms with Crippen LogP contribution < -0.4 is 10.6 Å². The molecule has 2 N–H and O–H groups in total. The first-order valence-corrected chi connectivity index (χ1v) is 8.13. The Hall–Kier alpha value is -3.08. The molecule has 0 saturated heterocycles. The van der Waals surface area contributed by atoms with Crippen LogP contribution in [0.25, 0.3) is 11.1 Å². The van der Waals surface area contributed by atoms with Crippen molar-refractivity contribution in [3.05, 3.63) is 66.4 Å². The largest absolute Gasteiger partial charge is 0.359 e. The molecule has 0 saturated carbocycles. The molecule has 0 bridgehead atoms. The molecule has 0 radical (unpaired) electrons. The Morgan fingerprint density at radius 2 is 1.64 bits per heavy atom. The van der Waals surface area contributed by atoms with Gasteiger partial charge in [0.05, 0.1) is 5.69 Å². The number of rotatable bonds is 3. The minimum atomic E-state index is -0.364. The van der Waals surface area contributed by atoms with Crippen molar-refractivity contribution >= 4 is 17.5 Å². The Labute approximate surface area is 147 Å². The molecule has 0 aliphatic rings. The van der Waals surface area contributed by atoms with E-state index in [1.165, 1.54) is 0 Å². The lowest BCUT2D eigenvalue weighted by Gasteiger charge is -2.12. The normalized spacial score (nSPS) is 11.2. The van der Waals surface area contributed by atoms with Gasteiger partial charge in [0.1, 0.15) is 5.76 Å². The van der Waals surface area contributed by atoms with Crippen LogP contribution in [0.5, 0.6) is 0 Å². The number of para-hydroxylation sites is 1. The molecule has 5 heteroatoms. The fourth-order valence-corrected chi connectivity index (χ4v) is 2.42. The number of carbonyl (C=O) groups is 1. The van der Waals surface area contributed by atoms with Gasteiger partial charge < -0.3 is 9.84 Å². The summed E-state index contributed by atoms with van der Waals surface area (Å²) < 4.78 is 5.28. The van der Waals surface area contributed by atoms with Crippen LogP contribution in [0.3, 0.4) is 0 Å². The second kappa shape index (κ2) is 6.81. The summed E-state index contributed by atoms with van der Waals surface area (Å²) >= 11 is 0.